The lowest BCUT2D eigenvalue weighted by Gasteiger charge is -2.29. The number of carboxylic acids is 1. The summed E-state index contributed by atoms with van der Waals surface area (Å²) in [6, 6.07) is 5.73. The minimum absolute atomic E-state index is 0.0569. The summed E-state index contributed by atoms with van der Waals surface area (Å²) in [5.41, 5.74) is 0.375. The molecule has 1 aliphatic heterocycles. The average Bonchev–Trinajstić information content (AvgIpc) is 2.41. The van der Waals surface area contributed by atoms with E-state index < -0.39 is 17.9 Å². The molecule has 1 N–H and O–H groups in total. The highest BCUT2D eigenvalue weighted by Gasteiger charge is 2.21. The molecule has 1 unspecified atom stereocenters. The molecule has 1 fully saturated rings. The Morgan fingerprint density at radius 3 is 3.11 bits per heavy atom. The molecule has 0 spiro atoms. The van der Waals surface area contributed by atoms with Crippen LogP contribution in [0.15, 0.2) is 18.2 Å². The first-order valence-electron chi connectivity index (χ1n) is 5.85. The van der Waals surface area contributed by atoms with Crippen LogP contribution in [0, 0.1) is 17.1 Å². The Bertz CT molecular complexity index is 527. The highest BCUT2D eigenvalue weighted by Crippen LogP contribution is 2.15. The summed E-state index contributed by atoms with van der Waals surface area (Å²) in [5.74, 6) is -1.52. The third-order valence-electron chi connectivity index (χ3n) is 2.98. The Labute approximate surface area is 109 Å². The van der Waals surface area contributed by atoms with Crippen LogP contribution in [0.5, 0.6) is 0 Å². The van der Waals surface area contributed by atoms with Crippen LogP contribution in [-0.2, 0) is 11.3 Å². The van der Waals surface area contributed by atoms with E-state index in [-0.39, 0.29) is 12.1 Å². The van der Waals surface area contributed by atoms with Crippen LogP contribution in [0.25, 0.3) is 0 Å². The van der Waals surface area contributed by atoms with E-state index >= 15 is 0 Å². The van der Waals surface area contributed by atoms with Crippen LogP contribution in [0.4, 0.5) is 4.39 Å². The summed E-state index contributed by atoms with van der Waals surface area (Å²) < 4.78 is 18.8. The molecule has 1 saturated heterocycles. The fraction of sp³-hybridized carbons (Fsp3) is 0.385. The van der Waals surface area contributed by atoms with Crippen LogP contribution in [0.2, 0.25) is 0 Å². The Morgan fingerprint density at radius 1 is 1.63 bits per heavy atom. The molecule has 0 bridgehead atoms. The number of ether oxygens (including phenoxy) is 1. The highest BCUT2D eigenvalue weighted by atomic mass is 19.1. The molecule has 19 heavy (non-hydrogen) atoms. The molecule has 1 heterocycles. The highest BCUT2D eigenvalue weighted by molar-refractivity contribution is 5.87. The number of aromatic carboxylic acids is 1. The van der Waals surface area contributed by atoms with Gasteiger partial charge in [-0.3, -0.25) is 4.90 Å². The van der Waals surface area contributed by atoms with Crippen molar-refractivity contribution in [3.63, 3.8) is 0 Å². The zero-order valence-electron chi connectivity index (χ0n) is 10.2. The summed E-state index contributed by atoms with van der Waals surface area (Å²) in [4.78, 5) is 12.7. The molecule has 0 aliphatic carbocycles. The Kier molecular flexibility index (Phi) is 4.10. The van der Waals surface area contributed by atoms with Gasteiger partial charge in [0.25, 0.3) is 0 Å². The maximum absolute atomic E-state index is 13.7. The van der Waals surface area contributed by atoms with Crippen LogP contribution in [0.3, 0.4) is 0 Å². The quantitative estimate of drug-likeness (QED) is 0.889. The van der Waals surface area contributed by atoms with Gasteiger partial charge in [0.05, 0.1) is 18.2 Å². The van der Waals surface area contributed by atoms with Crippen molar-refractivity contribution >= 4 is 5.97 Å². The molecular formula is C13H13FN2O3. The monoisotopic (exact) mass is 264 g/mol. The third-order valence-corrected chi connectivity index (χ3v) is 2.98. The van der Waals surface area contributed by atoms with Gasteiger partial charge in [-0.15, -0.1) is 0 Å². The number of nitriles is 1. The third kappa shape index (κ3) is 3.28. The number of hydrogen-bond acceptors (Lipinski definition) is 4. The largest absolute Gasteiger partial charge is 0.478 e. The van der Waals surface area contributed by atoms with E-state index in [9.17, 15) is 9.18 Å². The van der Waals surface area contributed by atoms with Crippen LogP contribution >= 0.6 is 0 Å². The van der Waals surface area contributed by atoms with Crippen molar-refractivity contribution in [1.82, 2.24) is 4.90 Å². The van der Waals surface area contributed by atoms with Crippen LogP contribution in [-0.4, -0.2) is 41.8 Å². The first kappa shape index (κ1) is 13.5. The Morgan fingerprint density at radius 2 is 2.42 bits per heavy atom. The zero-order valence-corrected chi connectivity index (χ0v) is 10.2. The molecule has 5 nitrogen and oxygen atoms in total. The van der Waals surface area contributed by atoms with Crippen LogP contribution < -0.4 is 0 Å². The van der Waals surface area contributed by atoms with Gasteiger partial charge >= 0.3 is 5.97 Å². The first-order valence-corrected chi connectivity index (χ1v) is 5.85. The number of benzene rings is 1. The summed E-state index contributed by atoms with van der Waals surface area (Å²) >= 11 is 0. The van der Waals surface area contributed by atoms with Crippen molar-refractivity contribution in [2.45, 2.75) is 12.6 Å². The summed E-state index contributed by atoms with van der Waals surface area (Å²) in [6.07, 6.45) is -0.514. The molecule has 0 saturated carbocycles. The maximum Gasteiger partial charge on any atom is 0.335 e. The number of rotatable bonds is 3. The van der Waals surface area contributed by atoms with Crippen molar-refractivity contribution in [2.24, 2.45) is 0 Å². The summed E-state index contributed by atoms with van der Waals surface area (Å²) in [5, 5.41) is 17.7. The van der Waals surface area contributed by atoms with Gasteiger partial charge in [-0.1, -0.05) is 0 Å². The lowest BCUT2D eigenvalue weighted by Crippen LogP contribution is -2.41. The zero-order chi connectivity index (χ0) is 13.8. The maximum atomic E-state index is 13.7. The molecule has 2 rings (SSSR count). The molecule has 100 valence electrons. The van der Waals surface area contributed by atoms with E-state index in [1.807, 2.05) is 11.0 Å². The number of carboxylic acid groups (broad SMARTS) is 1. The molecule has 0 radical (unpaired) electrons. The van der Waals surface area contributed by atoms with E-state index in [1.54, 1.807) is 0 Å². The van der Waals surface area contributed by atoms with Crippen molar-refractivity contribution in [2.75, 3.05) is 19.7 Å². The minimum atomic E-state index is -1.09. The van der Waals surface area contributed by atoms with Crippen LogP contribution in [0.1, 0.15) is 15.9 Å². The predicted molar refractivity (Wildman–Crippen MR) is 64.0 cm³/mol. The van der Waals surface area contributed by atoms with Crippen molar-refractivity contribution in [3.8, 4) is 6.07 Å². The fourth-order valence-electron chi connectivity index (χ4n) is 1.99. The van der Waals surface area contributed by atoms with E-state index in [0.29, 0.717) is 25.3 Å². The van der Waals surface area contributed by atoms with Gasteiger partial charge < -0.3 is 9.84 Å². The van der Waals surface area contributed by atoms with E-state index in [2.05, 4.69) is 0 Å². The average molecular weight is 264 g/mol. The Balaban J connectivity index is 2.12. The predicted octanol–water partition coefficient (Wildman–Crippen LogP) is 1.25. The van der Waals surface area contributed by atoms with Gasteiger partial charge in [-0.05, 0) is 18.2 Å². The molecule has 0 aromatic heterocycles. The van der Waals surface area contributed by atoms with Gasteiger partial charge in [0.1, 0.15) is 5.82 Å². The molecular weight excluding hydrogens is 251 g/mol. The van der Waals surface area contributed by atoms with E-state index in [1.165, 1.54) is 12.1 Å². The second kappa shape index (κ2) is 5.78. The van der Waals surface area contributed by atoms with Crippen molar-refractivity contribution < 1.29 is 19.0 Å². The normalized spacial score (nSPS) is 19.9. The van der Waals surface area contributed by atoms with Crippen molar-refractivity contribution in [1.29, 1.82) is 5.26 Å². The Hall–Kier alpha value is -1.97. The van der Waals surface area contributed by atoms with Gasteiger partial charge in [-0.25, -0.2) is 9.18 Å². The number of morpholine rings is 1. The van der Waals surface area contributed by atoms with Gasteiger partial charge in [0.15, 0.2) is 6.10 Å². The topological polar surface area (TPSA) is 73.6 Å². The SMILES string of the molecule is N#CC1CN(Cc2cc(C(=O)O)ccc2F)CCO1. The molecule has 1 aromatic carbocycles. The lowest BCUT2D eigenvalue weighted by molar-refractivity contribution is -0.00306. The standard InChI is InChI=1S/C13H13FN2O3/c14-12-2-1-9(13(17)18)5-10(12)7-16-3-4-19-11(6-15)8-16/h1-2,5,11H,3-4,7-8H2,(H,17,18). The van der Waals surface area contributed by atoms with Gasteiger partial charge in [0.2, 0.25) is 0 Å². The second-order valence-electron chi connectivity index (χ2n) is 4.33. The fourth-order valence-corrected chi connectivity index (χ4v) is 1.99. The number of nitrogens with zero attached hydrogens (tertiary/aromatic N) is 2. The van der Waals surface area contributed by atoms with E-state index in [4.69, 9.17) is 15.1 Å². The summed E-state index contributed by atoms with van der Waals surface area (Å²) in [7, 11) is 0. The molecule has 6 heteroatoms. The molecule has 1 aromatic rings. The number of halogens is 1. The summed E-state index contributed by atoms with van der Waals surface area (Å²) in [6.45, 7) is 1.68. The smallest absolute Gasteiger partial charge is 0.335 e. The molecule has 0 amide bonds. The number of carbonyl (C=O) groups is 1. The molecule has 1 atom stereocenters. The second-order valence-corrected chi connectivity index (χ2v) is 4.33. The van der Waals surface area contributed by atoms with E-state index in [0.717, 1.165) is 6.07 Å². The molecule has 1 aliphatic rings. The van der Waals surface area contributed by atoms with Gasteiger partial charge in [-0.2, -0.15) is 5.26 Å². The van der Waals surface area contributed by atoms with Crippen molar-refractivity contribution in [3.05, 3.63) is 35.1 Å². The lowest BCUT2D eigenvalue weighted by atomic mass is 10.1. The first-order chi connectivity index (χ1) is 9.10. The minimum Gasteiger partial charge on any atom is -0.478 e. The number of hydrogen-bond donors (Lipinski definition) is 1. The van der Waals surface area contributed by atoms with Gasteiger partial charge in [0, 0.05) is 25.2 Å².